The zero-order valence-electron chi connectivity index (χ0n) is 18.2. The monoisotopic (exact) mass is 417 g/mol. The predicted molar refractivity (Wildman–Crippen MR) is 120 cm³/mol. The van der Waals surface area contributed by atoms with Gasteiger partial charge in [-0.1, -0.05) is 11.3 Å². The number of phenolic OH excluding ortho intramolecular Hbond substituents is 1. The van der Waals surface area contributed by atoms with Crippen molar-refractivity contribution >= 4 is 11.2 Å². The van der Waals surface area contributed by atoms with Crippen LogP contribution in [0.4, 0.5) is 0 Å². The molecule has 1 aliphatic heterocycles. The summed E-state index contributed by atoms with van der Waals surface area (Å²) in [6.07, 6.45) is 5.61. The van der Waals surface area contributed by atoms with Crippen LogP contribution in [0.5, 0.6) is 5.75 Å². The summed E-state index contributed by atoms with van der Waals surface area (Å²) in [6, 6.07) is 9.54. The number of fused-ring (bicyclic) bond motifs is 1. The fraction of sp³-hybridized carbons (Fsp3) is 0.391. The summed E-state index contributed by atoms with van der Waals surface area (Å²) in [5.74, 6) is 0.154. The summed E-state index contributed by atoms with van der Waals surface area (Å²) < 4.78 is 1.91. The Morgan fingerprint density at radius 1 is 0.968 bits per heavy atom. The first-order chi connectivity index (χ1) is 14.7. The van der Waals surface area contributed by atoms with Crippen molar-refractivity contribution in [3.63, 3.8) is 0 Å². The van der Waals surface area contributed by atoms with Crippen molar-refractivity contribution in [2.75, 3.05) is 0 Å². The normalized spacial score (nSPS) is 18.5. The van der Waals surface area contributed by atoms with Crippen molar-refractivity contribution in [3.8, 4) is 28.1 Å². The van der Waals surface area contributed by atoms with Crippen LogP contribution in [0.1, 0.15) is 46.6 Å². The molecule has 31 heavy (non-hydrogen) atoms. The van der Waals surface area contributed by atoms with Gasteiger partial charge < -0.3 is 15.4 Å². The maximum absolute atomic E-state index is 10.6. The Kier molecular flexibility index (Phi) is 4.37. The number of benzene rings is 1. The molecule has 4 heterocycles. The molecule has 3 aromatic heterocycles. The molecule has 160 valence electrons. The summed E-state index contributed by atoms with van der Waals surface area (Å²) in [4.78, 5) is 3.03. The molecule has 0 saturated carbocycles. The van der Waals surface area contributed by atoms with Gasteiger partial charge in [0.05, 0.1) is 11.7 Å². The van der Waals surface area contributed by atoms with Crippen LogP contribution in [0.2, 0.25) is 0 Å². The zero-order valence-corrected chi connectivity index (χ0v) is 18.2. The number of phenols is 1. The van der Waals surface area contributed by atoms with Gasteiger partial charge >= 0.3 is 0 Å². The van der Waals surface area contributed by atoms with Gasteiger partial charge in [0.2, 0.25) is 5.65 Å². The van der Waals surface area contributed by atoms with Gasteiger partial charge in [0.1, 0.15) is 11.3 Å². The van der Waals surface area contributed by atoms with Gasteiger partial charge in [-0.05, 0) is 75.9 Å². The Hall–Kier alpha value is -3.26. The average Bonchev–Trinajstić information content (AvgIpc) is 3.35. The lowest BCUT2D eigenvalue weighted by Gasteiger charge is -2.46. The third-order valence-electron chi connectivity index (χ3n) is 5.94. The summed E-state index contributed by atoms with van der Waals surface area (Å²) >= 11 is 0. The smallest absolute Gasteiger partial charge is 0.201 e. The minimum Gasteiger partial charge on any atom is -0.507 e. The molecule has 0 aliphatic carbocycles. The number of nitrogens with one attached hydrogen (secondary N) is 2. The maximum atomic E-state index is 10.6. The second-order valence-corrected chi connectivity index (χ2v) is 9.76. The van der Waals surface area contributed by atoms with E-state index in [-0.39, 0.29) is 22.9 Å². The van der Waals surface area contributed by atoms with E-state index in [0.29, 0.717) is 22.4 Å². The molecule has 3 N–H and O–H groups in total. The molecule has 0 amide bonds. The second kappa shape index (κ2) is 6.88. The topological polar surface area (TPSA) is 105 Å². The maximum Gasteiger partial charge on any atom is 0.201 e. The van der Waals surface area contributed by atoms with Crippen LogP contribution < -0.4 is 5.32 Å². The highest BCUT2D eigenvalue weighted by Crippen LogP contribution is 2.37. The van der Waals surface area contributed by atoms with Crippen LogP contribution in [0.15, 0.2) is 42.7 Å². The number of hydrogen-bond donors (Lipinski definition) is 3. The van der Waals surface area contributed by atoms with E-state index in [1.165, 1.54) is 0 Å². The van der Waals surface area contributed by atoms with Gasteiger partial charge in [-0.15, -0.1) is 15.3 Å². The number of hydrogen-bond acceptors (Lipinski definition) is 6. The average molecular weight is 418 g/mol. The van der Waals surface area contributed by atoms with Crippen LogP contribution in [0.3, 0.4) is 0 Å². The summed E-state index contributed by atoms with van der Waals surface area (Å²) in [5, 5.41) is 32.0. The van der Waals surface area contributed by atoms with Crippen LogP contribution >= 0.6 is 0 Å². The van der Waals surface area contributed by atoms with Crippen molar-refractivity contribution in [3.05, 3.63) is 42.7 Å². The van der Waals surface area contributed by atoms with E-state index >= 15 is 0 Å². The molecule has 1 saturated heterocycles. The van der Waals surface area contributed by atoms with Crippen LogP contribution in [-0.4, -0.2) is 46.4 Å². The predicted octanol–water partition coefficient (Wildman–Crippen LogP) is 4.07. The molecule has 1 fully saturated rings. The van der Waals surface area contributed by atoms with E-state index in [4.69, 9.17) is 0 Å². The number of nitrogens with zero attached hydrogens (tertiary/aromatic N) is 5. The number of rotatable bonds is 3. The number of aromatic amines is 1. The highest BCUT2D eigenvalue weighted by molar-refractivity contribution is 5.79. The molecule has 8 nitrogen and oxygen atoms in total. The minimum absolute atomic E-state index is 0.00887. The number of aromatic hydroxyl groups is 1. The van der Waals surface area contributed by atoms with Gasteiger partial charge in [-0.3, -0.25) is 0 Å². The van der Waals surface area contributed by atoms with E-state index in [9.17, 15) is 5.11 Å². The lowest BCUT2D eigenvalue weighted by Crippen LogP contribution is -2.58. The zero-order chi connectivity index (χ0) is 21.8. The quantitative estimate of drug-likeness (QED) is 0.464. The summed E-state index contributed by atoms with van der Waals surface area (Å²) in [5.41, 5.74) is 4.46. The second-order valence-electron chi connectivity index (χ2n) is 9.76. The molecule has 0 atom stereocenters. The molecule has 8 heteroatoms. The number of H-pyrrole nitrogens is 1. The lowest BCUT2D eigenvalue weighted by atomic mass is 9.80. The minimum atomic E-state index is -0.00887. The number of piperidine rings is 1. The molecule has 5 rings (SSSR count). The Bertz CT molecular complexity index is 1220. The van der Waals surface area contributed by atoms with Crippen molar-refractivity contribution in [1.29, 1.82) is 0 Å². The molecule has 0 unspecified atom stereocenters. The SMILES string of the molecule is CC1(C)CC(n2nnc3cc(-c4ccc(-c5cc[nH]c5)cc4O)nnc32)CC(C)(C)N1. The first-order valence-electron chi connectivity index (χ1n) is 10.6. The third-order valence-corrected chi connectivity index (χ3v) is 5.94. The van der Waals surface area contributed by atoms with Crippen LogP contribution in [0.25, 0.3) is 33.5 Å². The summed E-state index contributed by atoms with van der Waals surface area (Å²) in [6.45, 7) is 8.85. The standard InChI is InChI=1S/C23H27N7O/c1-22(2)11-16(12-23(3,4)28-22)30-21-19(26-29-30)10-18(25-27-21)17-6-5-14(9-20(17)31)15-7-8-24-13-15/h5-10,13,16,24,28,31H,11-12H2,1-4H3. The van der Waals surface area contributed by atoms with Gasteiger partial charge in [0.15, 0.2) is 0 Å². The van der Waals surface area contributed by atoms with Crippen molar-refractivity contribution < 1.29 is 5.11 Å². The largest absolute Gasteiger partial charge is 0.507 e. The van der Waals surface area contributed by atoms with Crippen LogP contribution in [0, 0.1) is 0 Å². The van der Waals surface area contributed by atoms with Gasteiger partial charge in [0.25, 0.3) is 0 Å². The Balaban J connectivity index is 1.49. The highest BCUT2D eigenvalue weighted by atomic mass is 16.3. The van der Waals surface area contributed by atoms with E-state index in [0.717, 1.165) is 24.0 Å². The number of aromatic nitrogens is 6. The van der Waals surface area contributed by atoms with E-state index in [1.54, 1.807) is 6.07 Å². The lowest BCUT2D eigenvalue weighted by molar-refractivity contribution is 0.127. The molecular weight excluding hydrogens is 390 g/mol. The van der Waals surface area contributed by atoms with Crippen molar-refractivity contribution in [2.24, 2.45) is 0 Å². The highest BCUT2D eigenvalue weighted by Gasteiger charge is 2.39. The van der Waals surface area contributed by atoms with Gasteiger partial charge in [-0.2, -0.15) is 0 Å². The molecule has 0 bridgehead atoms. The molecule has 0 radical (unpaired) electrons. The molecule has 0 spiro atoms. The van der Waals surface area contributed by atoms with E-state index in [1.807, 2.05) is 41.3 Å². The Morgan fingerprint density at radius 2 is 1.74 bits per heavy atom. The van der Waals surface area contributed by atoms with Gasteiger partial charge in [-0.25, -0.2) is 4.68 Å². The van der Waals surface area contributed by atoms with Crippen LogP contribution in [-0.2, 0) is 0 Å². The first kappa shape index (κ1) is 19.7. The molecular formula is C23H27N7O. The fourth-order valence-corrected chi connectivity index (χ4v) is 5.00. The van der Waals surface area contributed by atoms with Gasteiger partial charge in [0, 0.05) is 29.0 Å². The van der Waals surface area contributed by atoms with E-state index < -0.39 is 0 Å². The first-order valence-corrected chi connectivity index (χ1v) is 10.6. The molecule has 1 aromatic carbocycles. The Morgan fingerprint density at radius 3 is 2.42 bits per heavy atom. The van der Waals surface area contributed by atoms with E-state index in [2.05, 4.69) is 58.5 Å². The fourth-order valence-electron chi connectivity index (χ4n) is 5.00. The third kappa shape index (κ3) is 3.67. The van der Waals surface area contributed by atoms with Crippen molar-refractivity contribution in [1.82, 2.24) is 35.5 Å². The molecule has 1 aliphatic rings. The summed E-state index contributed by atoms with van der Waals surface area (Å²) in [7, 11) is 0. The molecule has 4 aromatic rings. The van der Waals surface area contributed by atoms with Crippen molar-refractivity contribution in [2.45, 2.75) is 57.7 Å². The Labute approximate surface area is 180 Å².